The van der Waals surface area contributed by atoms with Crippen molar-refractivity contribution >= 4 is 6.41 Å². The summed E-state index contributed by atoms with van der Waals surface area (Å²) in [6.45, 7) is 4.26. The number of benzene rings is 1. The molecule has 1 aromatic rings. The fourth-order valence-electron chi connectivity index (χ4n) is 1.87. The van der Waals surface area contributed by atoms with Gasteiger partial charge in [-0.2, -0.15) is 0 Å². The normalized spacial score (nSPS) is 12.2. The van der Waals surface area contributed by atoms with Crippen molar-refractivity contribution in [1.29, 1.82) is 0 Å². The van der Waals surface area contributed by atoms with Crippen LogP contribution in [0.4, 0.5) is 0 Å². The lowest BCUT2D eigenvalue weighted by Crippen LogP contribution is -2.20. The molecule has 0 aromatic heterocycles. The first kappa shape index (κ1) is 13.8. The van der Waals surface area contributed by atoms with Crippen molar-refractivity contribution in [1.82, 2.24) is 4.90 Å². The van der Waals surface area contributed by atoms with Crippen molar-refractivity contribution in [3.8, 4) is 0 Å². The Morgan fingerprint density at radius 2 is 1.88 bits per heavy atom. The third-order valence-corrected chi connectivity index (χ3v) is 3.31. The van der Waals surface area contributed by atoms with E-state index < -0.39 is 0 Å². The monoisotopic (exact) mass is 233 g/mol. The van der Waals surface area contributed by atoms with Crippen molar-refractivity contribution < 1.29 is 4.79 Å². The largest absolute Gasteiger partial charge is 0.342 e. The van der Waals surface area contributed by atoms with Crippen LogP contribution < -0.4 is 0 Å². The Morgan fingerprint density at radius 1 is 1.24 bits per heavy atom. The summed E-state index contributed by atoms with van der Waals surface area (Å²) in [6, 6.07) is 8.77. The summed E-state index contributed by atoms with van der Waals surface area (Å²) < 4.78 is 0. The average molecular weight is 233 g/mol. The van der Waals surface area contributed by atoms with Crippen LogP contribution in [0.2, 0.25) is 0 Å². The topological polar surface area (TPSA) is 20.3 Å². The number of aryl methyl sites for hydroxylation is 1. The molecule has 0 bridgehead atoms. The molecule has 0 N–H and O–H groups in total. The van der Waals surface area contributed by atoms with Gasteiger partial charge in [0.2, 0.25) is 6.41 Å². The second-order valence-corrected chi connectivity index (χ2v) is 4.65. The number of hydrogen-bond acceptors (Lipinski definition) is 1. The third-order valence-electron chi connectivity index (χ3n) is 3.31. The Bertz CT molecular complexity index is 331. The minimum absolute atomic E-state index is 0.150. The van der Waals surface area contributed by atoms with Crippen LogP contribution in [-0.4, -0.2) is 18.4 Å². The summed E-state index contributed by atoms with van der Waals surface area (Å²) in [4.78, 5) is 12.4. The first-order valence-electron chi connectivity index (χ1n) is 6.45. The fourth-order valence-corrected chi connectivity index (χ4v) is 1.87. The molecule has 2 nitrogen and oxygen atoms in total. The maximum absolute atomic E-state index is 10.7. The highest BCUT2D eigenvalue weighted by molar-refractivity contribution is 5.48. The smallest absolute Gasteiger partial charge is 0.209 e. The molecule has 1 rings (SSSR count). The van der Waals surface area contributed by atoms with E-state index in [4.69, 9.17) is 0 Å². The molecule has 2 heteroatoms. The number of carbonyl (C=O) groups is 1. The first-order chi connectivity index (χ1) is 8.19. The summed E-state index contributed by atoms with van der Waals surface area (Å²) in [5, 5.41) is 0. The summed E-state index contributed by atoms with van der Waals surface area (Å²) in [5.41, 5.74) is 2.59. The van der Waals surface area contributed by atoms with Gasteiger partial charge in [-0.1, -0.05) is 44.0 Å². The van der Waals surface area contributed by atoms with Gasteiger partial charge in [-0.15, -0.1) is 0 Å². The molecule has 0 aliphatic heterocycles. The summed E-state index contributed by atoms with van der Waals surface area (Å²) in [6.07, 6.45) is 5.86. The van der Waals surface area contributed by atoms with Crippen LogP contribution in [0.15, 0.2) is 24.3 Å². The van der Waals surface area contributed by atoms with Gasteiger partial charge in [-0.3, -0.25) is 4.79 Å². The first-order valence-corrected chi connectivity index (χ1v) is 6.45. The number of nitrogens with zero attached hydrogens (tertiary/aromatic N) is 1. The van der Waals surface area contributed by atoms with E-state index in [-0.39, 0.29) is 6.04 Å². The van der Waals surface area contributed by atoms with E-state index in [2.05, 4.69) is 31.2 Å². The Hall–Kier alpha value is -1.31. The van der Waals surface area contributed by atoms with Crippen LogP contribution in [0.5, 0.6) is 0 Å². The lowest BCUT2D eigenvalue weighted by atomic mass is 10.0. The Balaban J connectivity index is 2.58. The summed E-state index contributed by atoms with van der Waals surface area (Å²) in [7, 11) is 1.81. The number of hydrogen-bond donors (Lipinski definition) is 0. The molecule has 17 heavy (non-hydrogen) atoms. The zero-order valence-electron chi connectivity index (χ0n) is 11.1. The van der Waals surface area contributed by atoms with E-state index in [1.54, 1.807) is 4.90 Å². The molecule has 0 spiro atoms. The van der Waals surface area contributed by atoms with Gasteiger partial charge < -0.3 is 4.90 Å². The summed E-state index contributed by atoms with van der Waals surface area (Å²) in [5.74, 6) is 0. The van der Waals surface area contributed by atoms with Crippen LogP contribution in [0.1, 0.15) is 50.3 Å². The van der Waals surface area contributed by atoms with E-state index in [0.29, 0.717) is 0 Å². The van der Waals surface area contributed by atoms with Crippen LogP contribution in [0.3, 0.4) is 0 Å². The molecule has 0 heterocycles. The van der Waals surface area contributed by atoms with Crippen LogP contribution in [0, 0.1) is 0 Å². The minimum Gasteiger partial charge on any atom is -0.342 e. The number of rotatable bonds is 7. The van der Waals surface area contributed by atoms with Crippen molar-refractivity contribution in [2.75, 3.05) is 7.05 Å². The lowest BCUT2D eigenvalue weighted by molar-refractivity contribution is -0.118. The van der Waals surface area contributed by atoms with Gasteiger partial charge in [0.1, 0.15) is 0 Å². The second-order valence-electron chi connectivity index (χ2n) is 4.65. The lowest BCUT2D eigenvalue weighted by Gasteiger charge is -2.20. The van der Waals surface area contributed by atoms with Crippen molar-refractivity contribution in [2.45, 2.75) is 45.6 Å². The Kier molecular flexibility index (Phi) is 5.75. The highest BCUT2D eigenvalue weighted by Crippen LogP contribution is 2.18. The SMILES string of the molecule is CCCCCc1ccc(C(C)N(C)C=O)cc1. The minimum atomic E-state index is 0.150. The molecule has 1 atom stereocenters. The zero-order valence-corrected chi connectivity index (χ0v) is 11.1. The molecular formula is C15H23NO. The summed E-state index contributed by atoms with van der Waals surface area (Å²) >= 11 is 0. The maximum Gasteiger partial charge on any atom is 0.209 e. The van der Waals surface area contributed by atoms with Crippen LogP contribution in [0.25, 0.3) is 0 Å². The second kappa shape index (κ2) is 7.10. The molecule has 94 valence electrons. The molecule has 1 unspecified atom stereocenters. The molecule has 0 saturated heterocycles. The molecule has 0 fully saturated rings. The molecule has 0 radical (unpaired) electrons. The number of unbranched alkanes of at least 4 members (excludes halogenated alkanes) is 2. The van der Waals surface area contributed by atoms with Gasteiger partial charge in [-0.05, 0) is 30.9 Å². The fraction of sp³-hybridized carbons (Fsp3) is 0.533. The van der Waals surface area contributed by atoms with Crippen LogP contribution >= 0.6 is 0 Å². The van der Waals surface area contributed by atoms with Gasteiger partial charge in [-0.25, -0.2) is 0 Å². The predicted molar refractivity (Wildman–Crippen MR) is 71.9 cm³/mol. The van der Waals surface area contributed by atoms with Gasteiger partial charge in [0, 0.05) is 7.05 Å². The molecule has 1 aromatic carbocycles. The highest BCUT2D eigenvalue weighted by Gasteiger charge is 2.08. The van der Waals surface area contributed by atoms with Gasteiger partial charge in [0.05, 0.1) is 6.04 Å². The Morgan fingerprint density at radius 3 is 2.41 bits per heavy atom. The van der Waals surface area contributed by atoms with E-state index in [1.165, 1.54) is 30.4 Å². The zero-order chi connectivity index (χ0) is 12.7. The average Bonchev–Trinajstić information content (AvgIpc) is 2.38. The van der Waals surface area contributed by atoms with E-state index in [9.17, 15) is 4.79 Å². The van der Waals surface area contributed by atoms with Crippen molar-refractivity contribution in [3.63, 3.8) is 0 Å². The quantitative estimate of drug-likeness (QED) is 0.521. The molecule has 1 amide bonds. The van der Waals surface area contributed by atoms with Crippen LogP contribution in [-0.2, 0) is 11.2 Å². The number of amides is 1. The number of carbonyl (C=O) groups excluding carboxylic acids is 1. The molecule has 0 aliphatic carbocycles. The standard InChI is InChI=1S/C15H23NO/c1-4-5-6-7-14-8-10-15(11-9-14)13(2)16(3)12-17/h8-13H,4-7H2,1-3H3. The Labute approximate surface area is 105 Å². The molecule has 0 saturated carbocycles. The molecular weight excluding hydrogens is 210 g/mol. The van der Waals surface area contributed by atoms with Gasteiger partial charge in [0.25, 0.3) is 0 Å². The van der Waals surface area contributed by atoms with Gasteiger partial charge in [0.15, 0.2) is 0 Å². The highest BCUT2D eigenvalue weighted by atomic mass is 16.1. The van der Waals surface area contributed by atoms with E-state index in [1.807, 2.05) is 14.0 Å². The van der Waals surface area contributed by atoms with Crippen molar-refractivity contribution in [2.24, 2.45) is 0 Å². The molecule has 0 aliphatic rings. The third kappa shape index (κ3) is 4.22. The van der Waals surface area contributed by atoms with Crippen molar-refractivity contribution in [3.05, 3.63) is 35.4 Å². The van der Waals surface area contributed by atoms with E-state index >= 15 is 0 Å². The van der Waals surface area contributed by atoms with Gasteiger partial charge >= 0.3 is 0 Å². The maximum atomic E-state index is 10.7. The van der Waals surface area contributed by atoms with E-state index in [0.717, 1.165) is 12.8 Å². The predicted octanol–water partition coefficient (Wildman–Crippen LogP) is 3.57.